The number of aromatic amines is 1. The van der Waals surface area contributed by atoms with Crippen LogP contribution in [0.3, 0.4) is 0 Å². The van der Waals surface area contributed by atoms with Crippen molar-refractivity contribution in [1.29, 1.82) is 5.26 Å². The summed E-state index contributed by atoms with van der Waals surface area (Å²) in [5.41, 5.74) is 3.34. The van der Waals surface area contributed by atoms with E-state index in [1.54, 1.807) is 28.8 Å². The number of nitriles is 1. The van der Waals surface area contributed by atoms with Crippen LogP contribution in [0.15, 0.2) is 60.9 Å². The number of fused-ring (bicyclic) bond motifs is 1. The molecule has 3 aromatic rings. The zero-order valence-corrected chi connectivity index (χ0v) is 18.4. The lowest BCUT2D eigenvalue weighted by molar-refractivity contribution is 0.290. The first kappa shape index (κ1) is 21.1. The van der Waals surface area contributed by atoms with Gasteiger partial charge in [0.25, 0.3) is 0 Å². The molecule has 0 bridgehead atoms. The molecule has 8 heteroatoms. The number of hydrogen-bond acceptors (Lipinski definition) is 5. The second-order valence-electron chi connectivity index (χ2n) is 7.95. The number of hydrogen-bond donors (Lipinski definition) is 1. The normalized spacial score (nSPS) is 18.1. The Balaban J connectivity index is 1.82. The molecule has 0 unspecified atom stereocenters. The lowest BCUT2D eigenvalue weighted by atomic mass is 9.93. The molecule has 160 valence electrons. The molecule has 1 N–H and O–H groups in total. The minimum absolute atomic E-state index is 0.0280. The van der Waals surface area contributed by atoms with Gasteiger partial charge in [0.2, 0.25) is 10.0 Å². The van der Waals surface area contributed by atoms with Crippen molar-refractivity contribution in [2.24, 2.45) is 0 Å². The molecule has 2 atom stereocenters. The van der Waals surface area contributed by atoms with Crippen LogP contribution in [0.4, 0.5) is 5.69 Å². The smallest absolute Gasteiger partial charge is 0.211 e. The number of anilines is 1. The predicted octanol–water partition coefficient (Wildman–Crippen LogP) is 3.24. The Morgan fingerprint density at radius 1 is 1.26 bits per heavy atom. The standard InChI is InChI=1S/C23H25N5O2S/c1-17(19-6-4-3-5-7-19)22-15-27(16-23-25-10-11-26-23)21-9-8-18(13-24)12-20(21)14-28(22)31(2,29)30/h3-12,17,22H,14-16H2,1-2H3,(H,25,26)/t17-,22+/m1/s1. The summed E-state index contributed by atoms with van der Waals surface area (Å²) in [4.78, 5) is 9.66. The summed E-state index contributed by atoms with van der Waals surface area (Å²) >= 11 is 0. The number of sulfonamides is 1. The van der Waals surface area contributed by atoms with E-state index in [0.717, 1.165) is 22.6 Å². The van der Waals surface area contributed by atoms with Gasteiger partial charge in [-0.05, 0) is 35.2 Å². The van der Waals surface area contributed by atoms with Gasteiger partial charge in [-0.1, -0.05) is 37.3 Å². The van der Waals surface area contributed by atoms with Crippen molar-refractivity contribution in [1.82, 2.24) is 14.3 Å². The molecule has 2 aromatic carbocycles. The highest BCUT2D eigenvalue weighted by molar-refractivity contribution is 7.88. The summed E-state index contributed by atoms with van der Waals surface area (Å²) in [5, 5.41) is 9.39. The van der Waals surface area contributed by atoms with Crippen molar-refractivity contribution in [2.75, 3.05) is 17.7 Å². The number of imidazole rings is 1. The molecule has 0 spiro atoms. The number of nitrogens with one attached hydrogen (secondary N) is 1. The molecule has 2 heterocycles. The van der Waals surface area contributed by atoms with Crippen LogP contribution < -0.4 is 4.90 Å². The maximum absolute atomic E-state index is 12.9. The van der Waals surface area contributed by atoms with E-state index < -0.39 is 10.0 Å². The summed E-state index contributed by atoms with van der Waals surface area (Å²) in [6.07, 6.45) is 4.74. The van der Waals surface area contributed by atoms with Crippen LogP contribution in [0.1, 0.15) is 35.4 Å². The second kappa shape index (κ2) is 8.53. The third-order valence-corrected chi connectivity index (χ3v) is 7.13. The van der Waals surface area contributed by atoms with Crippen LogP contribution in [-0.4, -0.2) is 41.5 Å². The van der Waals surface area contributed by atoms with Gasteiger partial charge in [0.05, 0.1) is 24.4 Å². The molecule has 7 nitrogen and oxygen atoms in total. The van der Waals surface area contributed by atoms with Crippen molar-refractivity contribution in [2.45, 2.75) is 32.0 Å². The van der Waals surface area contributed by atoms with Crippen LogP contribution in [0.2, 0.25) is 0 Å². The van der Waals surface area contributed by atoms with Crippen LogP contribution in [-0.2, 0) is 23.1 Å². The lowest BCUT2D eigenvalue weighted by Crippen LogP contribution is -2.46. The van der Waals surface area contributed by atoms with E-state index in [0.29, 0.717) is 18.7 Å². The molecule has 0 aliphatic carbocycles. The van der Waals surface area contributed by atoms with Gasteiger partial charge in [0.1, 0.15) is 5.82 Å². The Kier molecular flexibility index (Phi) is 5.81. The second-order valence-corrected chi connectivity index (χ2v) is 9.88. The molecular weight excluding hydrogens is 410 g/mol. The van der Waals surface area contributed by atoms with E-state index in [1.165, 1.54) is 6.26 Å². The predicted molar refractivity (Wildman–Crippen MR) is 120 cm³/mol. The van der Waals surface area contributed by atoms with Crippen LogP contribution in [0, 0.1) is 11.3 Å². The molecule has 0 saturated heterocycles. The molecule has 0 fully saturated rings. The first-order valence-electron chi connectivity index (χ1n) is 10.1. The molecular formula is C23H25N5O2S. The number of aromatic nitrogens is 2. The zero-order chi connectivity index (χ0) is 22.0. The average molecular weight is 436 g/mol. The van der Waals surface area contributed by atoms with Crippen molar-refractivity contribution < 1.29 is 8.42 Å². The van der Waals surface area contributed by atoms with Gasteiger partial charge in [0.15, 0.2) is 0 Å². The summed E-state index contributed by atoms with van der Waals surface area (Å²) in [6, 6.07) is 17.3. The third kappa shape index (κ3) is 4.48. The van der Waals surface area contributed by atoms with Crippen molar-refractivity contribution in [3.8, 4) is 6.07 Å². The zero-order valence-electron chi connectivity index (χ0n) is 17.6. The van der Waals surface area contributed by atoms with Crippen LogP contribution in [0.25, 0.3) is 0 Å². The maximum atomic E-state index is 12.9. The summed E-state index contributed by atoms with van der Waals surface area (Å²) in [7, 11) is -3.50. The van der Waals surface area contributed by atoms with Crippen LogP contribution >= 0.6 is 0 Å². The van der Waals surface area contributed by atoms with E-state index in [9.17, 15) is 13.7 Å². The maximum Gasteiger partial charge on any atom is 0.211 e. The van der Waals surface area contributed by atoms with Gasteiger partial charge >= 0.3 is 0 Å². The van der Waals surface area contributed by atoms with Gasteiger partial charge in [-0.15, -0.1) is 0 Å². The van der Waals surface area contributed by atoms with Gasteiger partial charge in [-0.2, -0.15) is 9.57 Å². The van der Waals surface area contributed by atoms with Gasteiger partial charge in [-0.3, -0.25) is 0 Å². The minimum Gasteiger partial charge on any atom is -0.362 e. The molecule has 1 aliphatic heterocycles. The van der Waals surface area contributed by atoms with Crippen molar-refractivity contribution in [3.63, 3.8) is 0 Å². The molecule has 4 rings (SSSR count). The molecule has 1 aromatic heterocycles. The summed E-state index contributed by atoms with van der Waals surface area (Å²) in [6.45, 7) is 3.31. The quantitative estimate of drug-likeness (QED) is 0.664. The molecule has 0 saturated carbocycles. The third-order valence-electron chi connectivity index (χ3n) is 5.88. The molecule has 1 aliphatic rings. The number of nitrogens with zero attached hydrogens (tertiary/aromatic N) is 4. The number of H-pyrrole nitrogens is 1. The van der Waals surface area contributed by atoms with Crippen molar-refractivity contribution in [3.05, 3.63) is 83.4 Å². The van der Waals surface area contributed by atoms with Gasteiger partial charge in [-0.25, -0.2) is 13.4 Å². The minimum atomic E-state index is -3.50. The fraction of sp³-hybridized carbons (Fsp3) is 0.304. The number of rotatable bonds is 5. The Morgan fingerprint density at radius 3 is 2.68 bits per heavy atom. The Labute approximate surface area is 183 Å². The number of benzene rings is 2. The fourth-order valence-corrected chi connectivity index (χ4v) is 5.37. The topological polar surface area (TPSA) is 93.1 Å². The largest absolute Gasteiger partial charge is 0.362 e. The van der Waals surface area contributed by atoms with E-state index in [-0.39, 0.29) is 18.5 Å². The van der Waals surface area contributed by atoms with E-state index >= 15 is 0 Å². The Bertz CT molecular complexity index is 1190. The highest BCUT2D eigenvalue weighted by atomic mass is 32.2. The highest BCUT2D eigenvalue weighted by Gasteiger charge is 2.37. The summed E-state index contributed by atoms with van der Waals surface area (Å²) < 4.78 is 27.4. The molecule has 31 heavy (non-hydrogen) atoms. The van der Waals surface area contributed by atoms with Gasteiger partial charge < -0.3 is 9.88 Å². The van der Waals surface area contributed by atoms with Crippen molar-refractivity contribution >= 4 is 15.7 Å². The van der Waals surface area contributed by atoms with Gasteiger partial charge in [0, 0.05) is 37.2 Å². The van der Waals surface area contributed by atoms with E-state index in [4.69, 9.17) is 0 Å². The monoisotopic (exact) mass is 435 g/mol. The van der Waals surface area contributed by atoms with E-state index in [1.807, 2.05) is 36.4 Å². The van der Waals surface area contributed by atoms with Crippen LogP contribution in [0.5, 0.6) is 0 Å². The molecule has 0 amide bonds. The fourth-order valence-electron chi connectivity index (χ4n) is 4.25. The SMILES string of the molecule is C[C@H](c1ccccc1)[C@@H]1CN(Cc2ncc[nH]2)c2ccc(C#N)cc2CN1S(C)(=O)=O. The summed E-state index contributed by atoms with van der Waals surface area (Å²) in [5.74, 6) is 0.772. The first-order valence-corrected chi connectivity index (χ1v) is 12.0. The molecule has 0 radical (unpaired) electrons. The Morgan fingerprint density at radius 2 is 2.03 bits per heavy atom. The average Bonchev–Trinajstić information content (AvgIpc) is 3.21. The van der Waals surface area contributed by atoms with E-state index in [2.05, 4.69) is 27.9 Å². The highest BCUT2D eigenvalue weighted by Crippen LogP contribution is 2.35. The Hall–Kier alpha value is -3.15. The lowest BCUT2D eigenvalue weighted by Gasteiger charge is -2.35. The first-order chi connectivity index (χ1) is 14.9.